The summed E-state index contributed by atoms with van der Waals surface area (Å²) in [6, 6.07) is 23.5. The first kappa shape index (κ1) is 16.9. The summed E-state index contributed by atoms with van der Waals surface area (Å²) in [5, 5.41) is 4.11. The lowest BCUT2D eigenvalue weighted by atomic mass is 10.0. The van der Waals surface area contributed by atoms with Gasteiger partial charge in [-0.05, 0) is 65.4 Å². The van der Waals surface area contributed by atoms with Crippen molar-refractivity contribution in [3.63, 3.8) is 0 Å². The zero-order chi connectivity index (χ0) is 18.6. The van der Waals surface area contributed by atoms with Crippen molar-refractivity contribution in [1.82, 2.24) is 4.98 Å². The molecule has 1 amide bonds. The van der Waals surface area contributed by atoms with Crippen LogP contribution >= 0.6 is 0 Å². The van der Waals surface area contributed by atoms with Crippen molar-refractivity contribution in [3.8, 4) is 5.75 Å². The molecule has 0 aliphatic carbocycles. The second kappa shape index (κ2) is 7.38. The molecule has 4 rings (SSSR count). The third-order valence-electron chi connectivity index (χ3n) is 4.57. The van der Waals surface area contributed by atoms with Crippen LogP contribution in [-0.4, -0.2) is 18.0 Å². The first-order chi connectivity index (χ1) is 13.2. The summed E-state index contributed by atoms with van der Waals surface area (Å²) in [4.78, 5) is 15.7. The molecule has 0 spiro atoms. The molecule has 0 aliphatic rings. The van der Waals surface area contributed by atoms with E-state index in [0.29, 0.717) is 17.0 Å². The fourth-order valence-corrected chi connectivity index (χ4v) is 3.13. The Bertz CT molecular complexity index is 1080. The van der Waals surface area contributed by atoms with Gasteiger partial charge < -0.3 is 15.0 Å². The van der Waals surface area contributed by atoms with Gasteiger partial charge in [0.15, 0.2) is 0 Å². The molecule has 27 heavy (non-hydrogen) atoms. The van der Waals surface area contributed by atoms with E-state index in [1.165, 1.54) is 16.5 Å². The van der Waals surface area contributed by atoms with Crippen LogP contribution in [0.15, 0.2) is 79.0 Å². The Morgan fingerprint density at radius 2 is 1.78 bits per heavy atom. The molecule has 4 nitrogen and oxygen atoms in total. The lowest BCUT2D eigenvalue weighted by molar-refractivity contribution is 0.102. The normalized spacial score (nSPS) is 10.7. The van der Waals surface area contributed by atoms with Crippen LogP contribution in [0.1, 0.15) is 21.5 Å². The highest BCUT2D eigenvalue weighted by Gasteiger charge is 2.07. The predicted molar refractivity (Wildman–Crippen MR) is 108 cm³/mol. The molecule has 1 heterocycles. The number of hydrogen-bond donors (Lipinski definition) is 2. The number of aromatic nitrogens is 1. The van der Waals surface area contributed by atoms with E-state index in [1.807, 2.05) is 48.7 Å². The van der Waals surface area contributed by atoms with Crippen LogP contribution in [0.2, 0.25) is 0 Å². The number of aromatic amines is 1. The maximum Gasteiger partial charge on any atom is 0.255 e. The molecule has 0 radical (unpaired) electrons. The first-order valence-electron chi connectivity index (χ1n) is 8.82. The second-order valence-corrected chi connectivity index (χ2v) is 6.46. The molecule has 0 bridgehead atoms. The summed E-state index contributed by atoms with van der Waals surface area (Å²) < 4.78 is 5.18. The summed E-state index contributed by atoms with van der Waals surface area (Å²) >= 11 is 0. The molecule has 2 N–H and O–H groups in total. The lowest BCUT2D eigenvalue weighted by Gasteiger charge is -2.08. The topological polar surface area (TPSA) is 54.1 Å². The van der Waals surface area contributed by atoms with E-state index in [4.69, 9.17) is 4.74 Å². The van der Waals surface area contributed by atoms with Crippen LogP contribution in [0.25, 0.3) is 10.9 Å². The summed E-state index contributed by atoms with van der Waals surface area (Å²) in [6.07, 6.45) is 2.78. The Balaban J connectivity index is 1.45. The molecular formula is C23H20N2O2. The molecule has 0 unspecified atom stereocenters. The van der Waals surface area contributed by atoms with Gasteiger partial charge in [0.25, 0.3) is 5.91 Å². The van der Waals surface area contributed by atoms with Gasteiger partial charge in [0.05, 0.1) is 7.11 Å². The van der Waals surface area contributed by atoms with Crippen molar-refractivity contribution < 1.29 is 9.53 Å². The first-order valence-corrected chi connectivity index (χ1v) is 8.82. The number of benzene rings is 3. The Morgan fingerprint density at radius 3 is 2.59 bits per heavy atom. The van der Waals surface area contributed by atoms with E-state index in [1.54, 1.807) is 13.2 Å². The van der Waals surface area contributed by atoms with Crippen molar-refractivity contribution in [2.24, 2.45) is 0 Å². The average molecular weight is 356 g/mol. The molecule has 4 heteroatoms. The third-order valence-corrected chi connectivity index (χ3v) is 4.57. The molecule has 0 saturated heterocycles. The van der Waals surface area contributed by atoms with Crippen LogP contribution in [0.3, 0.4) is 0 Å². The van der Waals surface area contributed by atoms with Gasteiger partial charge in [-0.1, -0.05) is 24.3 Å². The van der Waals surface area contributed by atoms with Crippen LogP contribution in [-0.2, 0) is 6.42 Å². The average Bonchev–Trinajstić information content (AvgIpc) is 3.16. The van der Waals surface area contributed by atoms with Gasteiger partial charge in [0.2, 0.25) is 0 Å². The highest BCUT2D eigenvalue weighted by molar-refractivity contribution is 6.04. The standard InChI is InChI=1S/C23H20N2O2/c1-27-21-4-2-3-20(15-21)25-23(26)18-8-5-16(6-9-18)13-17-7-10-22-19(14-17)11-12-24-22/h2-12,14-15,24H,13H2,1H3,(H,25,26). The van der Waals surface area contributed by atoms with Crippen molar-refractivity contribution in [2.75, 3.05) is 12.4 Å². The number of methoxy groups -OCH3 is 1. The van der Waals surface area contributed by atoms with E-state index in [0.717, 1.165) is 11.9 Å². The number of carbonyl (C=O) groups excluding carboxylic acids is 1. The monoisotopic (exact) mass is 356 g/mol. The van der Waals surface area contributed by atoms with E-state index in [9.17, 15) is 4.79 Å². The van der Waals surface area contributed by atoms with Crippen molar-refractivity contribution >= 4 is 22.5 Å². The van der Waals surface area contributed by atoms with E-state index >= 15 is 0 Å². The zero-order valence-electron chi connectivity index (χ0n) is 15.0. The summed E-state index contributed by atoms with van der Waals surface area (Å²) in [6.45, 7) is 0. The highest BCUT2D eigenvalue weighted by atomic mass is 16.5. The largest absolute Gasteiger partial charge is 0.497 e. The minimum Gasteiger partial charge on any atom is -0.497 e. The summed E-state index contributed by atoms with van der Waals surface area (Å²) in [5.74, 6) is 0.575. The fourth-order valence-electron chi connectivity index (χ4n) is 3.13. The lowest BCUT2D eigenvalue weighted by Crippen LogP contribution is -2.11. The Labute approximate surface area is 157 Å². The highest BCUT2D eigenvalue weighted by Crippen LogP contribution is 2.19. The van der Waals surface area contributed by atoms with Crippen LogP contribution in [0, 0.1) is 0 Å². The Morgan fingerprint density at radius 1 is 0.963 bits per heavy atom. The maximum atomic E-state index is 12.4. The third kappa shape index (κ3) is 3.85. The van der Waals surface area contributed by atoms with Gasteiger partial charge >= 0.3 is 0 Å². The summed E-state index contributed by atoms with van der Waals surface area (Å²) in [5.41, 5.74) is 4.90. The SMILES string of the molecule is COc1cccc(NC(=O)c2ccc(Cc3ccc4[nH]ccc4c3)cc2)c1. The molecule has 134 valence electrons. The molecule has 0 fully saturated rings. The molecule has 1 aromatic heterocycles. The Hall–Kier alpha value is -3.53. The van der Waals surface area contributed by atoms with Gasteiger partial charge in [-0.25, -0.2) is 0 Å². The van der Waals surface area contributed by atoms with E-state index in [2.05, 4.69) is 34.6 Å². The number of ether oxygens (including phenoxy) is 1. The molecule has 4 aromatic rings. The van der Waals surface area contributed by atoms with Crippen molar-refractivity contribution in [2.45, 2.75) is 6.42 Å². The number of amides is 1. The number of anilines is 1. The maximum absolute atomic E-state index is 12.4. The minimum atomic E-state index is -0.136. The molecule has 3 aromatic carbocycles. The molecule has 0 aliphatic heterocycles. The van der Waals surface area contributed by atoms with Gasteiger partial charge in [-0.2, -0.15) is 0 Å². The number of hydrogen-bond acceptors (Lipinski definition) is 2. The molecule has 0 atom stereocenters. The van der Waals surface area contributed by atoms with Gasteiger partial charge in [0.1, 0.15) is 5.75 Å². The van der Waals surface area contributed by atoms with E-state index in [-0.39, 0.29) is 5.91 Å². The van der Waals surface area contributed by atoms with Crippen molar-refractivity contribution in [1.29, 1.82) is 0 Å². The quantitative estimate of drug-likeness (QED) is 0.527. The summed E-state index contributed by atoms with van der Waals surface area (Å²) in [7, 11) is 1.60. The second-order valence-electron chi connectivity index (χ2n) is 6.46. The number of nitrogens with one attached hydrogen (secondary N) is 2. The predicted octanol–water partition coefficient (Wildman–Crippen LogP) is 5.02. The molecule has 0 saturated carbocycles. The van der Waals surface area contributed by atoms with Gasteiger partial charge in [-0.15, -0.1) is 0 Å². The fraction of sp³-hybridized carbons (Fsp3) is 0.0870. The zero-order valence-corrected chi connectivity index (χ0v) is 15.0. The van der Waals surface area contributed by atoms with Crippen molar-refractivity contribution in [3.05, 3.63) is 95.7 Å². The van der Waals surface area contributed by atoms with Gasteiger partial charge in [-0.3, -0.25) is 4.79 Å². The van der Waals surface area contributed by atoms with Gasteiger partial charge in [0, 0.05) is 29.0 Å². The number of carbonyl (C=O) groups is 1. The van der Waals surface area contributed by atoms with Crippen LogP contribution < -0.4 is 10.1 Å². The number of rotatable bonds is 5. The van der Waals surface area contributed by atoms with Crippen LogP contribution in [0.5, 0.6) is 5.75 Å². The smallest absolute Gasteiger partial charge is 0.255 e. The van der Waals surface area contributed by atoms with Crippen LogP contribution in [0.4, 0.5) is 5.69 Å². The number of H-pyrrole nitrogens is 1. The Kier molecular flexibility index (Phi) is 4.62. The van der Waals surface area contributed by atoms with E-state index < -0.39 is 0 Å². The number of fused-ring (bicyclic) bond motifs is 1. The minimum absolute atomic E-state index is 0.136. The molecular weight excluding hydrogens is 336 g/mol.